The number of hydrogen-bond acceptors (Lipinski definition) is 2. The van der Waals surface area contributed by atoms with Gasteiger partial charge in [-0.05, 0) is 30.2 Å². The van der Waals surface area contributed by atoms with E-state index in [9.17, 15) is 4.79 Å². The van der Waals surface area contributed by atoms with Crippen molar-refractivity contribution in [3.63, 3.8) is 0 Å². The molecular formula is C10H9Cl2NO. The largest absolute Gasteiger partial charge is 0.280 e. The zero-order valence-electron chi connectivity index (χ0n) is 7.63. The van der Waals surface area contributed by atoms with Crippen molar-refractivity contribution in [3.8, 4) is 6.07 Å². The van der Waals surface area contributed by atoms with E-state index in [2.05, 4.69) is 6.07 Å². The van der Waals surface area contributed by atoms with Gasteiger partial charge in [-0.25, -0.2) is 0 Å². The molecule has 0 bridgehead atoms. The minimum atomic E-state index is -0.508. The van der Waals surface area contributed by atoms with Crippen molar-refractivity contribution in [2.24, 2.45) is 0 Å². The third-order valence-electron chi connectivity index (χ3n) is 1.37. The first kappa shape index (κ1) is 13.0. The molecule has 14 heavy (non-hydrogen) atoms. The third kappa shape index (κ3) is 5.58. The molecule has 0 aliphatic rings. The number of alkyl halides is 1. The van der Waals surface area contributed by atoms with Gasteiger partial charge >= 0.3 is 0 Å². The van der Waals surface area contributed by atoms with Gasteiger partial charge in [-0.15, -0.1) is 11.6 Å². The highest BCUT2D eigenvalue weighted by atomic mass is 35.5. The lowest BCUT2D eigenvalue weighted by molar-refractivity contribution is -0.109. The van der Waals surface area contributed by atoms with Crippen molar-refractivity contribution in [2.45, 2.75) is 6.92 Å². The summed E-state index contributed by atoms with van der Waals surface area (Å²) >= 11 is 9.55. The van der Waals surface area contributed by atoms with Crippen molar-refractivity contribution in [1.82, 2.24) is 0 Å². The van der Waals surface area contributed by atoms with Gasteiger partial charge in [0.15, 0.2) is 0 Å². The summed E-state index contributed by atoms with van der Waals surface area (Å²) < 4.78 is 0. The Balaban J connectivity index is 0.000000292. The fourth-order valence-corrected chi connectivity index (χ4v) is 0.698. The predicted octanol–water partition coefficient (Wildman–Crippen LogP) is 2.86. The van der Waals surface area contributed by atoms with Gasteiger partial charge in [0.1, 0.15) is 0 Å². The number of rotatable bonds is 1. The second-order valence-corrected chi connectivity index (χ2v) is 3.10. The summed E-state index contributed by atoms with van der Waals surface area (Å²) in [5, 5.41) is 7.96. The van der Waals surface area contributed by atoms with Gasteiger partial charge in [0.25, 0.3) is 0 Å². The molecular weight excluding hydrogens is 221 g/mol. The summed E-state index contributed by atoms with van der Waals surface area (Å²) in [5.74, 6) is -0.0957. The Morgan fingerprint density at radius 1 is 1.50 bits per heavy atom. The molecule has 0 radical (unpaired) electrons. The lowest BCUT2D eigenvalue weighted by Gasteiger charge is -1.90. The fraction of sp³-hybridized carbons (Fsp3) is 0.200. The Morgan fingerprint density at radius 2 is 2.00 bits per heavy atom. The number of halogens is 2. The number of aryl methyl sites for hydroxylation is 1. The Kier molecular flexibility index (Phi) is 6.82. The van der Waals surface area contributed by atoms with Gasteiger partial charge in [0, 0.05) is 0 Å². The molecule has 0 saturated carbocycles. The molecule has 1 aromatic carbocycles. The van der Waals surface area contributed by atoms with Crippen molar-refractivity contribution in [2.75, 3.05) is 5.88 Å². The van der Waals surface area contributed by atoms with E-state index in [0.29, 0.717) is 0 Å². The summed E-state index contributed by atoms with van der Waals surface area (Å²) in [6.45, 7) is 1.93. The molecule has 1 aromatic rings. The first-order chi connectivity index (χ1) is 6.61. The van der Waals surface area contributed by atoms with Crippen LogP contribution in [0.2, 0.25) is 0 Å². The highest BCUT2D eigenvalue weighted by Gasteiger charge is 1.90. The average molecular weight is 230 g/mol. The van der Waals surface area contributed by atoms with Crippen LogP contribution in [0.15, 0.2) is 24.3 Å². The zero-order valence-corrected chi connectivity index (χ0v) is 9.14. The van der Waals surface area contributed by atoms with E-state index in [1.54, 1.807) is 0 Å². The first-order valence-corrected chi connectivity index (χ1v) is 4.73. The Morgan fingerprint density at radius 3 is 2.29 bits per heavy atom. The average Bonchev–Trinajstić information content (AvgIpc) is 2.19. The second-order valence-electron chi connectivity index (χ2n) is 2.42. The van der Waals surface area contributed by atoms with Crippen molar-refractivity contribution >= 4 is 28.4 Å². The number of hydrogen-bond donors (Lipinski definition) is 0. The lowest BCUT2D eigenvalue weighted by Crippen LogP contribution is -1.81. The molecule has 1 rings (SSSR count). The van der Waals surface area contributed by atoms with Crippen molar-refractivity contribution in [3.05, 3.63) is 35.4 Å². The third-order valence-corrected chi connectivity index (χ3v) is 1.88. The van der Waals surface area contributed by atoms with Crippen LogP contribution in [0.25, 0.3) is 0 Å². The lowest BCUT2D eigenvalue weighted by atomic mass is 10.1. The summed E-state index contributed by atoms with van der Waals surface area (Å²) in [6, 6.07) is 9.63. The smallest absolute Gasteiger partial charge is 0.236 e. The molecule has 4 heteroatoms. The van der Waals surface area contributed by atoms with Gasteiger partial charge in [0.2, 0.25) is 5.24 Å². The van der Waals surface area contributed by atoms with E-state index in [0.717, 1.165) is 11.1 Å². The highest BCUT2D eigenvalue weighted by molar-refractivity contribution is 6.67. The molecule has 0 unspecified atom stereocenters. The Bertz CT molecular complexity index is 344. The molecule has 0 N–H and O–H groups in total. The minimum absolute atomic E-state index is 0.0957. The fourth-order valence-electron chi connectivity index (χ4n) is 0.698. The van der Waals surface area contributed by atoms with Crippen molar-refractivity contribution in [1.29, 1.82) is 5.26 Å². The van der Waals surface area contributed by atoms with E-state index in [1.807, 2.05) is 31.2 Å². The summed E-state index contributed by atoms with van der Waals surface area (Å²) in [5.41, 5.74) is 1.80. The van der Waals surface area contributed by atoms with Crippen LogP contribution in [0, 0.1) is 18.3 Å². The molecule has 2 nitrogen and oxygen atoms in total. The van der Waals surface area contributed by atoms with Crippen molar-refractivity contribution < 1.29 is 4.79 Å². The first-order valence-electron chi connectivity index (χ1n) is 3.81. The van der Waals surface area contributed by atoms with E-state index >= 15 is 0 Å². The summed E-state index contributed by atoms with van der Waals surface area (Å²) in [6.07, 6.45) is 0. The van der Waals surface area contributed by atoms with Crippen LogP contribution in [-0.2, 0) is 4.79 Å². The highest BCUT2D eigenvalue weighted by Crippen LogP contribution is 2.03. The molecule has 0 spiro atoms. The van der Waals surface area contributed by atoms with Crippen LogP contribution < -0.4 is 0 Å². The molecule has 0 aliphatic heterocycles. The van der Waals surface area contributed by atoms with Crippen LogP contribution in [0.5, 0.6) is 0 Å². The SMILES string of the molecule is Cc1ccccc1C#N.O=C(Cl)CCl. The number of benzene rings is 1. The molecule has 0 aliphatic carbocycles. The Hall–Kier alpha value is -1.04. The number of carbonyl (C=O) groups excluding carboxylic acids is 1. The van der Waals surface area contributed by atoms with Gasteiger partial charge < -0.3 is 0 Å². The number of nitrogens with zero attached hydrogens (tertiary/aromatic N) is 1. The monoisotopic (exact) mass is 229 g/mol. The second kappa shape index (κ2) is 7.37. The van der Waals surface area contributed by atoms with E-state index in [4.69, 9.17) is 28.5 Å². The molecule has 0 aromatic heterocycles. The maximum atomic E-state index is 9.45. The minimum Gasteiger partial charge on any atom is -0.280 e. The van der Waals surface area contributed by atoms with Gasteiger partial charge in [-0.3, -0.25) is 4.79 Å². The van der Waals surface area contributed by atoms with E-state index in [1.165, 1.54) is 0 Å². The number of carbonyl (C=O) groups is 1. The molecule has 0 amide bonds. The molecule has 0 saturated heterocycles. The summed E-state index contributed by atoms with van der Waals surface area (Å²) in [7, 11) is 0. The predicted molar refractivity (Wildman–Crippen MR) is 57.5 cm³/mol. The zero-order chi connectivity index (χ0) is 11.0. The standard InChI is InChI=1S/C8H7N.C2H2Cl2O/c1-7-4-2-3-5-8(7)6-9;3-1-2(4)5/h2-5H,1H3;1H2. The molecule has 0 heterocycles. The van der Waals surface area contributed by atoms with Gasteiger partial charge in [-0.2, -0.15) is 5.26 Å². The van der Waals surface area contributed by atoms with Crippen LogP contribution in [-0.4, -0.2) is 11.1 Å². The Labute approximate surface area is 93.1 Å². The summed E-state index contributed by atoms with van der Waals surface area (Å²) in [4.78, 5) is 9.45. The maximum Gasteiger partial charge on any atom is 0.236 e. The molecule has 74 valence electrons. The van der Waals surface area contributed by atoms with E-state index < -0.39 is 5.24 Å². The maximum absolute atomic E-state index is 9.45. The van der Waals surface area contributed by atoms with Gasteiger partial charge in [-0.1, -0.05) is 18.2 Å². The van der Waals surface area contributed by atoms with Gasteiger partial charge in [0.05, 0.1) is 17.5 Å². The molecule has 0 atom stereocenters. The van der Waals surface area contributed by atoms with Crippen LogP contribution in [0.3, 0.4) is 0 Å². The molecule has 0 fully saturated rings. The van der Waals surface area contributed by atoms with Crippen LogP contribution in [0.4, 0.5) is 0 Å². The normalized spacial score (nSPS) is 8.14. The van der Waals surface area contributed by atoms with Crippen LogP contribution in [0.1, 0.15) is 11.1 Å². The number of nitriles is 1. The van der Waals surface area contributed by atoms with E-state index in [-0.39, 0.29) is 5.88 Å². The van der Waals surface area contributed by atoms with Crippen LogP contribution >= 0.6 is 23.2 Å². The topological polar surface area (TPSA) is 40.9 Å². The quantitative estimate of drug-likeness (QED) is 0.549.